The van der Waals surface area contributed by atoms with E-state index in [1.54, 1.807) is 10.6 Å². The minimum Gasteiger partial charge on any atom is -0.370 e. The van der Waals surface area contributed by atoms with Gasteiger partial charge in [0.2, 0.25) is 10.9 Å². The number of nitrogens with two attached hydrogens (primary N) is 3. The van der Waals surface area contributed by atoms with Crippen LogP contribution in [0.1, 0.15) is 0 Å². The predicted molar refractivity (Wildman–Crippen MR) is 81.2 cm³/mol. The number of rotatable bonds is 2. The molecule has 6 N–H and O–H groups in total. The molecule has 0 radical (unpaired) electrons. The van der Waals surface area contributed by atoms with Crippen molar-refractivity contribution in [2.45, 2.75) is 0 Å². The second kappa shape index (κ2) is 5.17. The van der Waals surface area contributed by atoms with E-state index in [1.165, 1.54) is 17.7 Å². The molecule has 0 aliphatic carbocycles. The molecule has 10 heteroatoms. The number of hydrogen-bond donors (Lipinski definition) is 3. The van der Waals surface area contributed by atoms with E-state index >= 15 is 0 Å². The van der Waals surface area contributed by atoms with Crippen molar-refractivity contribution in [1.82, 2.24) is 19.8 Å². The molecule has 3 aromatic rings. The molecule has 0 aliphatic heterocycles. The molecule has 0 saturated heterocycles. The molecule has 9 nitrogen and oxygen atoms in total. The fraction of sp³-hybridized carbons (Fsp3) is 0. The Labute approximate surface area is 122 Å². The first kappa shape index (κ1) is 13.0. The smallest absolute Gasteiger partial charge is 0.234 e. The Morgan fingerprint density at radius 2 is 2.00 bits per heavy atom. The second-order valence-corrected chi connectivity index (χ2v) is 4.95. The largest absolute Gasteiger partial charge is 0.370 e. The standard InChI is InChI=1S/C11H11N9S/c12-9(13)17-10(14)16-7-4-2-1-3-6(7)8-19-20-5-15-18-11(20)21-8/h1-5H,(H6,12,13,14,16,17). The molecule has 106 valence electrons. The third-order valence-corrected chi connectivity index (χ3v) is 3.45. The zero-order valence-corrected chi connectivity index (χ0v) is 11.5. The maximum atomic E-state index is 5.67. The Balaban J connectivity index is 2.07. The highest BCUT2D eigenvalue weighted by molar-refractivity contribution is 7.19. The molecule has 0 fully saturated rings. The van der Waals surface area contributed by atoms with E-state index in [1.807, 2.05) is 18.2 Å². The van der Waals surface area contributed by atoms with Crippen molar-refractivity contribution in [3.05, 3.63) is 30.6 Å². The van der Waals surface area contributed by atoms with Crippen LogP contribution in [-0.2, 0) is 0 Å². The van der Waals surface area contributed by atoms with E-state index in [4.69, 9.17) is 17.2 Å². The van der Waals surface area contributed by atoms with Crippen LogP contribution in [-0.4, -0.2) is 31.7 Å². The second-order valence-electron chi connectivity index (χ2n) is 3.99. The number of aromatic nitrogens is 4. The van der Waals surface area contributed by atoms with Crippen molar-refractivity contribution in [1.29, 1.82) is 0 Å². The van der Waals surface area contributed by atoms with Crippen molar-refractivity contribution >= 4 is 33.9 Å². The van der Waals surface area contributed by atoms with Gasteiger partial charge < -0.3 is 17.2 Å². The molecule has 2 aromatic heterocycles. The van der Waals surface area contributed by atoms with Crippen LogP contribution in [0, 0.1) is 0 Å². The van der Waals surface area contributed by atoms with Gasteiger partial charge in [0.15, 0.2) is 5.96 Å². The lowest BCUT2D eigenvalue weighted by Gasteiger charge is -2.02. The van der Waals surface area contributed by atoms with Crippen LogP contribution in [0.3, 0.4) is 0 Å². The minimum atomic E-state index is -0.146. The highest BCUT2D eigenvalue weighted by atomic mass is 32.1. The fourth-order valence-electron chi connectivity index (χ4n) is 1.70. The Morgan fingerprint density at radius 1 is 1.19 bits per heavy atom. The molecular formula is C11H11N9S. The SMILES string of the molecule is NC(N)=NC(N)=Nc1ccccc1-c1nn2cnnc2s1. The summed E-state index contributed by atoms with van der Waals surface area (Å²) in [5.74, 6) is -0.169. The van der Waals surface area contributed by atoms with Crippen LogP contribution < -0.4 is 17.2 Å². The zero-order valence-electron chi connectivity index (χ0n) is 10.7. The van der Waals surface area contributed by atoms with E-state index in [9.17, 15) is 0 Å². The molecule has 0 amide bonds. The highest BCUT2D eigenvalue weighted by Crippen LogP contribution is 2.32. The van der Waals surface area contributed by atoms with Gasteiger partial charge in [0, 0.05) is 5.56 Å². The molecule has 0 spiro atoms. The van der Waals surface area contributed by atoms with Crippen molar-refractivity contribution in [2.24, 2.45) is 27.2 Å². The zero-order chi connectivity index (χ0) is 14.8. The van der Waals surface area contributed by atoms with Crippen LogP contribution in [0.15, 0.2) is 40.6 Å². The molecular weight excluding hydrogens is 290 g/mol. The Hall–Kier alpha value is -3.01. The van der Waals surface area contributed by atoms with E-state index in [0.717, 1.165) is 10.6 Å². The van der Waals surface area contributed by atoms with Gasteiger partial charge in [-0.2, -0.15) is 14.6 Å². The van der Waals surface area contributed by atoms with E-state index in [-0.39, 0.29) is 11.9 Å². The molecule has 0 unspecified atom stereocenters. The summed E-state index contributed by atoms with van der Waals surface area (Å²) in [7, 11) is 0. The van der Waals surface area contributed by atoms with Crippen molar-refractivity contribution < 1.29 is 0 Å². The first-order valence-corrected chi connectivity index (χ1v) is 6.65. The number of nitrogens with zero attached hydrogens (tertiary/aromatic N) is 6. The maximum Gasteiger partial charge on any atom is 0.234 e. The van der Waals surface area contributed by atoms with Crippen LogP contribution in [0.4, 0.5) is 5.69 Å². The van der Waals surface area contributed by atoms with Gasteiger partial charge in [-0.15, -0.1) is 10.2 Å². The average molecular weight is 301 g/mol. The summed E-state index contributed by atoms with van der Waals surface area (Å²) < 4.78 is 1.60. The van der Waals surface area contributed by atoms with Crippen LogP contribution in [0.2, 0.25) is 0 Å². The summed E-state index contributed by atoms with van der Waals surface area (Å²) in [5, 5.41) is 12.8. The molecule has 2 heterocycles. The quantitative estimate of drug-likeness (QED) is 0.451. The van der Waals surface area contributed by atoms with Crippen molar-refractivity contribution in [3.8, 4) is 10.6 Å². The van der Waals surface area contributed by atoms with E-state index in [0.29, 0.717) is 10.6 Å². The maximum absolute atomic E-state index is 5.67. The topological polar surface area (TPSA) is 146 Å². The van der Waals surface area contributed by atoms with Gasteiger partial charge in [-0.25, -0.2) is 4.99 Å². The number of fused-ring (bicyclic) bond motifs is 1. The number of guanidine groups is 2. The number of aliphatic imine (C=N–C) groups is 2. The van der Waals surface area contributed by atoms with Gasteiger partial charge >= 0.3 is 0 Å². The molecule has 21 heavy (non-hydrogen) atoms. The van der Waals surface area contributed by atoms with Gasteiger partial charge in [-0.3, -0.25) is 0 Å². The summed E-state index contributed by atoms with van der Waals surface area (Å²) in [6.07, 6.45) is 1.54. The third-order valence-electron chi connectivity index (χ3n) is 2.50. The van der Waals surface area contributed by atoms with Gasteiger partial charge in [0.25, 0.3) is 0 Å². The average Bonchev–Trinajstić information content (AvgIpc) is 2.98. The molecule has 3 rings (SSSR count). The lowest BCUT2D eigenvalue weighted by molar-refractivity contribution is 0.960. The normalized spacial score (nSPS) is 11.7. The van der Waals surface area contributed by atoms with E-state index < -0.39 is 0 Å². The summed E-state index contributed by atoms with van der Waals surface area (Å²) >= 11 is 1.40. The Kier molecular flexibility index (Phi) is 3.20. The van der Waals surface area contributed by atoms with Gasteiger partial charge in [-0.05, 0) is 12.1 Å². The van der Waals surface area contributed by atoms with Crippen LogP contribution in [0.25, 0.3) is 15.5 Å². The summed E-state index contributed by atoms with van der Waals surface area (Å²) in [6.45, 7) is 0. The number of hydrogen-bond acceptors (Lipinski definition) is 5. The summed E-state index contributed by atoms with van der Waals surface area (Å²) in [5.41, 5.74) is 17.6. The van der Waals surface area contributed by atoms with E-state index in [2.05, 4.69) is 25.3 Å². The van der Waals surface area contributed by atoms with Crippen molar-refractivity contribution in [2.75, 3.05) is 0 Å². The van der Waals surface area contributed by atoms with Crippen LogP contribution >= 0.6 is 11.3 Å². The van der Waals surface area contributed by atoms with Gasteiger partial charge in [0.05, 0.1) is 5.69 Å². The number of benzene rings is 1. The summed E-state index contributed by atoms with van der Waals surface area (Å²) in [6, 6.07) is 7.40. The lowest BCUT2D eigenvalue weighted by atomic mass is 10.2. The summed E-state index contributed by atoms with van der Waals surface area (Å²) in [4.78, 5) is 8.59. The first-order valence-electron chi connectivity index (χ1n) is 5.83. The highest BCUT2D eigenvalue weighted by Gasteiger charge is 2.11. The first-order chi connectivity index (χ1) is 10.1. The monoisotopic (exact) mass is 301 g/mol. The third kappa shape index (κ3) is 2.65. The minimum absolute atomic E-state index is 0.0227. The van der Waals surface area contributed by atoms with Crippen LogP contribution in [0.5, 0.6) is 0 Å². The molecule has 0 bridgehead atoms. The molecule has 0 atom stereocenters. The van der Waals surface area contributed by atoms with Crippen molar-refractivity contribution in [3.63, 3.8) is 0 Å². The van der Waals surface area contributed by atoms with Gasteiger partial charge in [0.1, 0.15) is 11.3 Å². The fourth-order valence-corrected chi connectivity index (χ4v) is 2.56. The molecule has 0 aliphatic rings. The predicted octanol–water partition coefficient (Wildman–Crippen LogP) is 0.0724. The Morgan fingerprint density at radius 3 is 2.76 bits per heavy atom. The molecule has 1 aromatic carbocycles. The van der Waals surface area contributed by atoms with Gasteiger partial charge in [-0.1, -0.05) is 23.5 Å². The molecule has 0 saturated carbocycles. The lowest BCUT2D eigenvalue weighted by Crippen LogP contribution is -2.26. The number of para-hydroxylation sites is 1. The Bertz CT molecular complexity index is 812.